The van der Waals surface area contributed by atoms with E-state index in [2.05, 4.69) is 37.4 Å². The van der Waals surface area contributed by atoms with Crippen molar-refractivity contribution in [3.05, 3.63) is 34.9 Å². The molecule has 0 spiro atoms. The predicted molar refractivity (Wildman–Crippen MR) is 72.4 cm³/mol. The first-order chi connectivity index (χ1) is 8.08. The highest BCUT2D eigenvalue weighted by Crippen LogP contribution is 2.34. The topological polar surface area (TPSA) is 21.3 Å². The molecule has 0 aliphatic heterocycles. The van der Waals surface area contributed by atoms with E-state index in [4.69, 9.17) is 4.74 Å². The summed E-state index contributed by atoms with van der Waals surface area (Å²) in [6, 6.07) is 6.27. The van der Waals surface area contributed by atoms with Gasteiger partial charge >= 0.3 is 0 Å². The molecule has 1 N–H and O–H groups in total. The van der Waals surface area contributed by atoms with Gasteiger partial charge in [0.2, 0.25) is 0 Å². The number of benzene rings is 1. The minimum absolute atomic E-state index is 0.0702. The molecule has 0 fully saturated rings. The van der Waals surface area contributed by atoms with E-state index in [0.29, 0.717) is 0 Å². The molecule has 0 aromatic heterocycles. The maximum atomic E-state index is 5.41. The molecule has 1 aliphatic rings. The molecule has 1 aromatic rings. The van der Waals surface area contributed by atoms with Crippen molar-refractivity contribution in [3.63, 3.8) is 0 Å². The maximum Gasteiger partial charge on any atom is 0.122 e. The van der Waals surface area contributed by atoms with Gasteiger partial charge in [-0.25, -0.2) is 0 Å². The highest BCUT2D eigenvalue weighted by molar-refractivity contribution is 5.64. The van der Waals surface area contributed by atoms with Crippen LogP contribution in [-0.2, 0) is 6.42 Å². The molecular formula is C15H21NO. The van der Waals surface area contributed by atoms with E-state index in [0.717, 1.165) is 18.6 Å². The molecule has 1 aliphatic carbocycles. The van der Waals surface area contributed by atoms with Gasteiger partial charge in [0.1, 0.15) is 5.75 Å². The molecule has 0 radical (unpaired) electrons. The SMILES string of the molecule is CNC(C)(C)C1=Cc2cccc(OC)c2CC1. The van der Waals surface area contributed by atoms with Crippen LogP contribution in [0, 0.1) is 0 Å². The number of likely N-dealkylation sites (N-methyl/N-ethyl adjacent to an activating group) is 1. The van der Waals surface area contributed by atoms with Gasteiger partial charge in [-0.1, -0.05) is 18.2 Å². The summed E-state index contributed by atoms with van der Waals surface area (Å²) in [6.45, 7) is 4.45. The molecule has 2 nitrogen and oxygen atoms in total. The van der Waals surface area contributed by atoms with Crippen LogP contribution in [0.15, 0.2) is 23.8 Å². The van der Waals surface area contributed by atoms with Crippen LogP contribution in [0.2, 0.25) is 0 Å². The smallest absolute Gasteiger partial charge is 0.122 e. The molecule has 2 rings (SSSR count). The van der Waals surface area contributed by atoms with Gasteiger partial charge in [0, 0.05) is 11.1 Å². The fourth-order valence-electron chi connectivity index (χ4n) is 2.35. The Morgan fingerprint density at radius 2 is 2.00 bits per heavy atom. The number of rotatable bonds is 3. The van der Waals surface area contributed by atoms with Crippen molar-refractivity contribution in [3.8, 4) is 5.75 Å². The van der Waals surface area contributed by atoms with Crippen LogP contribution in [0.1, 0.15) is 31.4 Å². The monoisotopic (exact) mass is 231 g/mol. The van der Waals surface area contributed by atoms with E-state index in [-0.39, 0.29) is 5.54 Å². The Balaban J connectivity index is 2.42. The predicted octanol–water partition coefficient (Wildman–Crippen LogP) is 3.02. The molecule has 92 valence electrons. The summed E-state index contributed by atoms with van der Waals surface area (Å²) < 4.78 is 5.41. The van der Waals surface area contributed by atoms with E-state index in [1.807, 2.05) is 13.1 Å². The molecule has 0 saturated heterocycles. The lowest BCUT2D eigenvalue weighted by Gasteiger charge is -2.31. The number of fused-ring (bicyclic) bond motifs is 1. The zero-order valence-corrected chi connectivity index (χ0v) is 11.1. The second-order valence-corrected chi connectivity index (χ2v) is 5.07. The zero-order valence-electron chi connectivity index (χ0n) is 11.1. The van der Waals surface area contributed by atoms with E-state index in [1.54, 1.807) is 7.11 Å². The molecule has 0 saturated carbocycles. The molecule has 17 heavy (non-hydrogen) atoms. The number of methoxy groups -OCH3 is 1. The third kappa shape index (κ3) is 2.22. The van der Waals surface area contributed by atoms with E-state index < -0.39 is 0 Å². The standard InChI is InChI=1S/C15H21NO/c1-15(2,16-3)12-8-9-13-11(10-12)6-5-7-14(13)17-4/h5-7,10,16H,8-9H2,1-4H3. The molecule has 0 amide bonds. The molecule has 0 bridgehead atoms. The third-order valence-electron chi connectivity index (χ3n) is 3.79. The second kappa shape index (κ2) is 4.53. The first-order valence-corrected chi connectivity index (χ1v) is 6.14. The van der Waals surface area contributed by atoms with Crippen molar-refractivity contribution in [2.24, 2.45) is 0 Å². The largest absolute Gasteiger partial charge is 0.496 e. The van der Waals surface area contributed by atoms with Crippen LogP contribution in [0.5, 0.6) is 5.75 Å². The van der Waals surface area contributed by atoms with Crippen molar-refractivity contribution in [1.82, 2.24) is 5.32 Å². The average molecular weight is 231 g/mol. The van der Waals surface area contributed by atoms with Gasteiger partial charge in [0.15, 0.2) is 0 Å². The molecular weight excluding hydrogens is 210 g/mol. The fourth-order valence-corrected chi connectivity index (χ4v) is 2.35. The van der Waals surface area contributed by atoms with Crippen molar-refractivity contribution in [2.45, 2.75) is 32.2 Å². The summed E-state index contributed by atoms with van der Waals surface area (Å²) in [7, 11) is 3.76. The van der Waals surface area contributed by atoms with Crippen LogP contribution in [0.3, 0.4) is 0 Å². The van der Waals surface area contributed by atoms with Gasteiger partial charge in [0.05, 0.1) is 7.11 Å². The summed E-state index contributed by atoms with van der Waals surface area (Å²) in [5, 5.41) is 3.37. The summed E-state index contributed by atoms with van der Waals surface area (Å²) in [4.78, 5) is 0. The van der Waals surface area contributed by atoms with Crippen LogP contribution >= 0.6 is 0 Å². The van der Waals surface area contributed by atoms with Crippen molar-refractivity contribution in [1.29, 1.82) is 0 Å². The van der Waals surface area contributed by atoms with Gasteiger partial charge in [-0.05, 0) is 50.9 Å². The summed E-state index contributed by atoms with van der Waals surface area (Å²) >= 11 is 0. The first-order valence-electron chi connectivity index (χ1n) is 6.14. The Kier molecular flexibility index (Phi) is 3.25. The van der Waals surface area contributed by atoms with Crippen molar-refractivity contribution in [2.75, 3.05) is 14.2 Å². The van der Waals surface area contributed by atoms with Gasteiger partial charge in [-0.2, -0.15) is 0 Å². The Hall–Kier alpha value is -1.28. The Labute approximate surface area is 104 Å². The Morgan fingerprint density at radius 3 is 2.65 bits per heavy atom. The van der Waals surface area contributed by atoms with Crippen molar-refractivity contribution < 1.29 is 4.74 Å². The van der Waals surface area contributed by atoms with E-state index >= 15 is 0 Å². The quantitative estimate of drug-likeness (QED) is 0.863. The number of ether oxygens (including phenoxy) is 1. The summed E-state index contributed by atoms with van der Waals surface area (Å²) in [5.41, 5.74) is 4.17. The van der Waals surface area contributed by atoms with Gasteiger partial charge in [-0.15, -0.1) is 0 Å². The lowest BCUT2D eigenvalue weighted by Crippen LogP contribution is -2.38. The van der Waals surface area contributed by atoms with Gasteiger partial charge < -0.3 is 10.1 Å². The highest BCUT2D eigenvalue weighted by Gasteiger charge is 2.24. The van der Waals surface area contributed by atoms with Crippen LogP contribution in [-0.4, -0.2) is 19.7 Å². The van der Waals surface area contributed by atoms with Gasteiger partial charge in [-0.3, -0.25) is 0 Å². The van der Waals surface area contributed by atoms with Crippen LogP contribution < -0.4 is 10.1 Å². The summed E-state index contributed by atoms with van der Waals surface area (Å²) in [6.07, 6.45) is 4.47. The molecule has 0 heterocycles. The molecule has 0 atom stereocenters. The minimum Gasteiger partial charge on any atom is -0.496 e. The Bertz CT molecular complexity index is 446. The number of nitrogens with one attached hydrogen (secondary N) is 1. The fraction of sp³-hybridized carbons (Fsp3) is 0.467. The maximum absolute atomic E-state index is 5.41. The lowest BCUT2D eigenvalue weighted by atomic mass is 9.82. The van der Waals surface area contributed by atoms with E-state index in [1.165, 1.54) is 16.7 Å². The minimum atomic E-state index is 0.0702. The lowest BCUT2D eigenvalue weighted by molar-refractivity contribution is 0.407. The molecule has 1 aromatic carbocycles. The molecule has 0 unspecified atom stereocenters. The first kappa shape index (κ1) is 12.2. The average Bonchev–Trinajstić information content (AvgIpc) is 2.37. The third-order valence-corrected chi connectivity index (χ3v) is 3.79. The number of hydrogen-bond donors (Lipinski definition) is 1. The number of hydrogen-bond acceptors (Lipinski definition) is 2. The van der Waals surface area contributed by atoms with Crippen molar-refractivity contribution >= 4 is 6.08 Å². The highest BCUT2D eigenvalue weighted by atomic mass is 16.5. The zero-order chi connectivity index (χ0) is 12.5. The Morgan fingerprint density at radius 1 is 1.24 bits per heavy atom. The second-order valence-electron chi connectivity index (χ2n) is 5.07. The molecule has 2 heteroatoms. The van der Waals surface area contributed by atoms with Crippen LogP contribution in [0.4, 0.5) is 0 Å². The van der Waals surface area contributed by atoms with Crippen LogP contribution in [0.25, 0.3) is 6.08 Å². The normalized spacial score (nSPS) is 15.2. The van der Waals surface area contributed by atoms with Gasteiger partial charge in [0.25, 0.3) is 0 Å². The van der Waals surface area contributed by atoms with E-state index in [9.17, 15) is 0 Å². The summed E-state index contributed by atoms with van der Waals surface area (Å²) in [5.74, 6) is 1.01.